The van der Waals surface area contributed by atoms with Gasteiger partial charge in [0.1, 0.15) is 0 Å². The average Bonchev–Trinajstić information content (AvgIpc) is 2.38. The van der Waals surface area contributed by atoms with E-state index >= 15 is 0 Å². The molecule has 1 aliphatic heterocycles. The van der Waals surface area contributed by atoms with Crippen molar-refractivity contribution >= 4 is 5.69 Å². The zero-order valence-corrected chi connectivity index (χ0v) is 10.9. The van der Waals surface area contributed by atoms with Crippen molar-refractivity contribution in [2.24, 2.45) is 0 Å². The van der Waals surface area contributed by atoms with E-state index in [-0.39, 0.29) is 0 Å². The first-order valence-electron chi connectivity index (χ1n) is 6.35. The number of benzene rings is 1. The summed E-state index contributed by atoms with van der Waals surface area (Å²) in [6.07, 6.45) is 0.321. The molecule has 17 heavy (non-hydrogen) atoms. The minimum atomic E-state index is 0.321. The van der Waals surface area contributed by atoms with Crippen LogP contribution in [0.4, 0.5) is 5.69 Å². The van der Waals surface area contributed by atoms with Crippen molar-refractivity contribution in [3.8, 4) is 0 Å². The Hall–Kier alpha value is -1.06. The molecule has 0 amide bonds. The monoisotopic (exact) mass is 234 g/mol. The fourth-order valence-electron chi connectivity index (χ4n) is 2.33. The lowest BCUT2D eigenvalue weighted by molar-refractivity contribution is 0.0531. The molecule has 1 fully saturated rings. The molecule has 3 nitrogen and oxygen atoms in total. The highest BCUT2D eigenvalue weighted by atomic mass is 16.5. The number of hydrogen-bond acceptors (Lipinski definition) is 3. The lowest BCUT2D eigenvalue weighted by Crippen LogP contribution is -2.41. The van der Waals surface area contributed by atoms with Crippen LogP contribution in [0, 0.1) is 0 Å². The van der Waals surface area contributed by atoms with Crippen LogP contribution in [0.3, 0.4) is 0 Å². The van der Waals surface area contributed by atoms with Gasteiger partial charge in [-0.15, -0.1) is 0 Å². The van der Waals surface area contributed by atoms with Gasteiger partial charge in [0.2, 0.25) is 0 Å². The summed E-state index contributed by atoms with van der Waals surface area (Å²) < 4.78 is 5.60. The minimum absolute atomic E-state index is 0.321. The van der Waals surface area contributed by atoms with Gasteiger partial charge in [0.15, 0.2) is 0 Å². The summed E-state index contributed by atoms with van der Waals surface area (Å²) in [6, 6.07) is 9.01. The Kier molecular flexibility index (Phi) is 4.02. The van der Waals surface area contributed by atoms with Crippen LogP contribution in [0.1, 0.15) is 25.5 Å². The van der Waals surface area contributed by atoms with Gasteiger partial charge in [-0.2, -0.15) is 0 Å². The van der Waals surface area contributed by atoms with Crippen LogP contribution >= 0.6 is 0 Å². The Balaban J connectivity index is 2.24. The van der Waals surface area contributed by atoms with E-state index in [1.54, 1.807) is 0 Å². The molecule has 1 heterocycles. The molecular weight excluding hydrogens is 212 g/mol. The van der Waals surface area contributed by atoms with Gasteiger partial charge in [-0.25, -0.2) is 0 Å². The molecule has 1 saturated heterocycles. The molecule has 2 atom stereocenters. The fraction of sp³-hybridized carbons (Fsp3) is 0.571. The van der Waals surface area contributed by atoms with E-state index in [1.165, 1.54) is 11.3 Å². The largest absolute Gasteiger partial charge is 0.375 e. The van der Waals surface area contributed by atoms with E-state index in [9.17, 15) is 0 Å². The van der Waals surface area contributed by atoms with Crippen molar-refractivity contribution in [2.75, 3.05) is 31.6 Å². The highest BCUT2D eigenvalue weighted by molar-refractivity contribution is 5.55. The van der Waals surface area contributed by atoms with E-state index in [0.29, 0.717) is 12.1 Å². The summed E-state index contributed by atoms with van der Waals surface area (Å²) in [4.78, 5) is 2.43. The molecule has 1 aromatic carbocycles. The number of para-hydroxylation sites is 1. The summed E-state index contributed by atoms with van der Waals surface area (Å²) in [5.41, 5.74) is 2.70. The Morgan fingerprint density at radius 1 is 1.41 bits per heavy atom. The summed E-state index contributed by atoms with van der Waals surface area (Å²) in [5, 5.41) is 3.31. The molecule has 1 aliphatic rings. The summed E-state index contributed by atoms with van der Waals surface area (Å²) in [6.45, 7) is 7.12. The number of hydrogen-bond donors (Lipinski definition) is 1. The fourth-order valence-corrected chi connectivity index (χ4v) is 2.33. The van der Waals surface area contributed by atoms with Crippen LogP contribution in [-0.4, -0.2) is 32.8 Å². The Bertz CT molecular complexity index is 367. The second kappa shape index (κ2) is 5.52. The summed E-state index contributed by atoms with van der Waals surface area (Å²) in [7, 11) is 2.00. The van der Waals surface area contributed by atoms with E-state index in [1.807, 2.05) is 7.05 Å². The number of morpholine rings is 1. The normalized spacial score (nSPS) is 22.5. The molecule has 0 aromatic heterocycles. The summed E-state index contributed by atoms with van der Waals surface area (Å²) >= 11 is 0. The van der Waals surface area contributed by atoms with Gasteiger partial charge in [-0.1, -0.05) is 18.2 Å². The Labute approximate surface area is 104 Å². The molecule has 0 radical (unpaired) electrons. The maximum Gasteiger partial charge on any atom is 0.0722 e. The Morgan fingerprint density at radius 3 is 2.88 bits per heavy atom. The van der Waals surface area contributed by atoms with E-state index in [4.69, 9.17) is 4.74 Å². The number of ether oxygens (including phenoxy) is 1. The van der Waals surface area contributed by atoms with Gasteiger partial charge >= 0.3 is 0 Å². The topological polar surface area (TPSA) is 24.5 Å². The van der Waals surface area contributed by atoms with Crippen LogP contribution in [0.2, 0.25) is 0 Å². The van der Waals surface area contributed by atoms with Crippen LogP contribution in [0.25, 0.3) is 0 Å². The number of anilines is 1. The third-order valence-electron chi connectivity index (χ3n) is 3.42. The van der Waals surface area contributed by atoms with E-state index < -0.39 is 0 Å². The first-order valence-corrected chi connectivity index (χ1v) is 6.35. The van der Waals surface area contributed by atoms with Crippen molar-refractivity contribution in [1.29, 1.82) is 0 Å². The predicted octanol–water partition coefficient (Wildman–Crippen LogP) is 2.19. The third-order valence-corrected chi connectivity index (χ3v) is 3.42. The van der Waals surface area contributed by atoms with Crippen molar-refractivity contribution in [3.63, 3.8) is 0 Å². The number of rotatable bonds is 3. The van der Waals surface area contributed by atoms with E-state index in [0.717, 1.165) is 19.7 Å². The zero-order chi connectivity index (χ0) is 12.3. The zero-order valence-electron chi connectivity index (χ0n) is 10.9. The molecular formula is C14H22N2O. The first-order chi connectivity index (χ1) is 8.22. The second-order valence-electron chi connectivity index (χ2n) is 4.70. The van der Waals surface area contributed by atoms with Crippen molar-refractivity contribution in [1.82, 2.24) is 5.32 Å². The minimum Gasteiger partial charge on any atom is -0.375 e. The first kappa shape index (κ1) is 12.4. The molecule has 0 spiro atoms. The molecule has 1 N–H and O–H groups in total. The van der Waals surface area contributed by atoms with Crippen LogP contribution in [-0.2, 0) is 4.74 Å². The van der Waals surface area contributed by atoms with Crippen LogP contribution in [0.5, 0.6) is 0 Å². The third kappa shape index (κ3) is 2.79. The van der Waals surface area contributed by atoms with Gasteiger partial charge in [0, 0.05) is 24.8 Å². The molecule has 0 aliphatic carbocycles. The van der Waals surface area contributed by atoms with Crippen molar-refractivity contribution in [3.05, 3.63) is 29.8 Å². The van der Waals surface area contributed by atoms with Gasteiger partial charge < -0.3 is 15.0 Å². The van der Waals surface area contributed by atoms with Gasteiger partial charge in [-0.05, 0) is 32.5 Å². The lowest BCUT2D eigenvalue weighted by Gasteiger charge is -2.35. The van der Waals surface area contributed by atoms with Gasteiger partial charge in [0.05, 0.1) is 12.7 Å². The van der Waals surface area contributed by atoms with Gasteiger partial charge in [-0.3, -0.25) is 0 Å². The quantitative estimate of drug-likeness (QED) is 0.867. The molecule has 0 saturated carbocycles. The highest BCUT2D eigenvalue weighted by Gasteiger charge is 2.20. The highest BCUT2D eigenvalue weighted by Crippen LogP contribution is 2.27. The smallest absolute Gasteiger partial charge is 0.0722 e. The molecule has 2 unspecified atom stereocenters. The molecule has 94 valence electrons. The maximum atomic E-state index is 5.60. The van der Waals surface area contributed by atoms with Crippen LogP contribution in [0.15, 0.2) is 24.3 Å². The Morgan fingerprint density at radius 2 is 2.18 bits per heavy atom. The maximum absolute atomic E-state index is 5.60. The molecule has 1 aromatic rings. The van der Waals surface area contributed by atoms with Crippen molar-refractivity contribution < 1.29 is 4.74 Å². The number of nitrogens with one attached hydrogen (secondary N) is 1. The molecule has 0 bridgehead atoms. The second-order valence-corrected chi connectivity index (χ2v) is 4.70. The van der Waals surface area contributed by atoms with Crippen LogP contribution < -0.4 is 10.2 Å². The SMILES string of the molecule is CNC(C)c1ccccc1N1CCOC(C)C1. The molecule has 3 heteroatoms. The van der Waals surface area contributed by atoms with Crippen molar-refractivity contribution in [2.45, 2.75) is 26.0 Å². The average molecular weight is 234 g/mol. The van der Waals surface area contributed by atoms with Gasteiger partial charge in [0.25, 0.3) is 0 Å². The summed E-state index contributed by atoms with van der Waals surface area (Å²) in [5.74, 6) is 0. The van der Waals surface area contributed by atoms with E-state index in [2.05, 4.69) is 48.3 Å². The number of nitrogens with zero attached hydrogens (tertiary/aromatic N) is 1. The standard InChI is InChI=1S/C14H22N2O/c1-11-10-16(8-9-17-11)14-7-5-4-6-13(14)12(2)15-3/h4-7,11-12,15H,8-10H2,1-3H3. The predicted molar refractivity (Wildman–Crippen MR) is 71.5 cm³/mol. The molecule has 2 rings (SSSR count). The lowest BCUT2D eigenvalue weighted by atomic mass is 10.0.